The number of hydrogen-bond acceptors (Lipinski definition) is 1. The van der Waals surface area contributed by atoms with Gasteiger partial charge in [-0.1, -0.05) is 12.1 Å². The second kappa shape index (κ2) is 3.50. The van der Waals surface area contributed by atoms with Crippen molar-refractivity contribution in [3.05, 3.63) is 48.7 Å². The molecule has 0 aliphatic rings. The lowest BCUT2D eigenvalue weighted by Crippen LogP contribution is -2.29. The number of aromatic nitrogens is 1. The molecule has 14 heavy (non-hydrogen) atoms. The zero-order chi connectivity index (χ0) is 9.97. The molecule has 0 saturated heterocycles. The molecule has 0 saturated carbocycles. The fourth-order valence-corrected chi connectivity index (χ4v) is 1.49. The third-order valence-corrected chi connectivity index (χ3v) is 2.23. The second-order valence-corrected chi connectivity index (χ2v) is 3.21. The van der Waals surface area contributed by atoms with Crippen molar-refractivity contribution in [3.8, 4) is 17.0 Å². The summed E-state index contributed by atoms with van der Waals surface area (Å²) in [6, 6.07) is 13.2. The Morgan fingerprint density at radius 2 is 1.71 bits per heavy atom. The molecule has 1 N–H and O–H groups in total. The number of aryl methyl sites for hydroxylation is 1. The Balaban J connectivity index is 2.61. The Labute approximate surface area is 83.1 Å². The molecule has 1 aromatic heterocycles. The van der Waals surface area contributed by atoms with Crippen LogP contribution in [-0.2, 0) is 7.05 Å². The Bertz CT molecular complexity index is 408. The van der Waals surface area contributed by atoms with Crippen molar-refractivity contribution in [1.82, 2.24) is 0 Å². The normalized spacial score (nSPS) is 10.1. The first-order valence-electron chi connectivity index (χ1n) is 4.52. The summed E-state index contributed by atoms with van der Waals surface area (Å²) in [5.41, 5.74) is 1.86. The molecule has 0 fully saturated rings. The van der Waals surface area contributed by atoms with Crippen molar-refractivity contribution in [3.63, 3.8) is 0 Å². The fraction of sp³-hybridized carbons (Fsp3) is 0.0833. The van der Waals surface area contributed by atoms with Gasteiger partial charge in [-0.05, 0) is 18.2 Å². The van der Waals surface area contributed by atoms with Crippen LogP contribution in [0.4, 0.5) is 0 Å². The highest BCUT2D eigenvalue weighted by Crippen LogP contribution is 2.25. The minimum atomic E-state index is 0.314. The zero-order valence-electron chi connectivity index (χ0n) is 8.01. The van der Waals surface area contributed by atoms with Crippen molar-refractivity contribution < 1.29 is 9.67 Å². The Kier molecular flexibility index (Phi) is 2.19. The number of para-hydroxylation sites is 1. The van der Waals surface area contributed by atoms with Crippen LogP contribution in [0, 0.1) is 0 Å². The number of hydrogen-bond donors (Lipinski definition) is 1. The van der Waals surface area contributed by atoms with Crippen molar-refractivity contribution in [2.75, 3.05) is 0 Å². The van der Waals surface area contributed by atoms with Crippen LogP contribution >= 0.6 is 0 Å². The summed E-state index contributed by atoms with van der Waals surface area (Å²) in [5, 5.41) is 9.68. The molecule has 0 bridgehead atoms. The van der Waals surface area contributed by atoms with E-state index >= 15 is 0 Å². The first-order chi connectivity index (χ1) is 6.79. The Hall–Kier alpha value is -1.83. The molecule has 2 nitrogen and oxygen atoms in total. The lowest BCUT2D eigenvalue weighted by Gasteiger charge is -2.01. The quantitative estimate of drug-likeness (QED) is 0.675. The zero-order valence-corrected chi connectivity index (χ0v) is 8.01. The summed E-state index contributed by atoms with van der Waals surface area (Å²) in [6.45, 7) is 0. The van der Waals surface area contributed by atoms with Gasteiger partial charge in [0.1, 0.15) is 12.8 Å². The molecule has 0 atom stereocenters. The number of nitrogens with zero attached hydrogens (tertiary/aromatic N) is 1. The minimum Gasteiger partial charge on any atom is -0.507 e. The summed E-state index contributed by atoms with van der Waals surface area (Å²) in [4.78, 5) is 0. The van der Waals surface area contributed by atoms with Crippen LogP contribution in [0.2, 0.25) is 0 Å². The molecule has 1 heterocycles. The number of phenolic OH excluding ortho intramolecular Hbond substituents is 1. The average molecular weight is 186 g/mol. The molecule has 0 aliphatic carbocycles. The topological polar surface area (TPSA) is 24.1 Å². The SMILES string of the molecule is C[n+]1ccccc1-c1ccccc1O. The molecule has 2 aromatic rings. The van der Waals surface area contributed by atoms with Crippen LogP contribution in [0.3, 0.4) is 0 Å². The van der Waals surface area contributed by atoms with Gasteiger partial charge >= 0.3 is 0 Å². The summed E-state index contributed by atoms with van der Waals surface area (Å²) in [7, 11) is 1.96. The summed E-state index contributed by atoms with van der Waals surface area (Å²) in [5.74, 6) is 0.314. The van der Waals surface area contributed by atoms with Crippen LogP contribution in [-0.4, -0.2) is 5.11 Å². The molecule has 0 spiro atoms. The Morgan fingerprint density at radius 1 is 1.00 bits per heavy atom. The first kappa shape index (κ1) is 8.75. The predicted molar refractivity (Wildman–Crippen MR) is 54.7 cm³/mol. The van der Waals surface area contributed by atoms with E-state index in [1.54, 1.807) is 6.07 Å². The van der Waals surface area contributed by atoms with E-state index in [4.69, 9.17) is 0 Å². The van der Waals surface area contributed by atoms with Crippen LogP contribution in [0.15, 0.2) is 48.7 Å². The molecule has 1 aromatic carbocycles. The Morgan fingerprint density at radius 3 is 2.43 bits per heavy atom. The van der Waals surface area contributed by atoms with Gasteiger partial charge in [0.05, 0.1) is 5.56 Å². The molecule has 0 aliphatic heterocycles. The molecular formula is C12H12NO+. The lowest BCUT2D eigenvalue weighted by atomic mass is 10.1. The predicted octanol–water partition coefficient (Wildman–Crippen LogP) is 1.88. The number of rotatable bonds is 1. The minimum absolute atomic E-state index is 0.314. The van der Waals surface area contributed by atoms with E-state index in [0.29, 0.717) is 5.75 Å². The third-order valence-electron chi connectivity index (χ3n) is 2.23. The van der Waals surface area contributed by atoms with Crippen molar-refractivity contribution in [2.45, 2.75) is 0 Å². The van der Waals surface area contributed by atoms with Gasteiger partial charge in [-0.3, -0.25) is 0 Å². The van der Waals surface area contributed by atoms with Crippen LogP contribution in [0.25, 0.3) is 11.3 Å². The van der Waals surface area contributed by atoms with Gasteiger partial charge in [0.25, 0.3) is 0 Å². The van der Waals surface area contributed by atoms with E-state index in [1.165, 1.54) is 0 Å². The maximum absolute atomic E-state index is 9.68. The van der Waals surface area contributed by atoms with Crippen LogP contribution in [0.1, 0.15) is 0 Å². The van der Waals surface area contributed by atoms with Crippen LogP contribution in [0.5, 0.6) is 5.75 Å². The van der Waals surface area contributed by atoms with Gasteiger partial charge in [0.15, 0.2) is 6.20 Å². The number of aromatic hydroxyl groups is 1. The number of benzene rings is 1. The summed E-state index contributed by atoms with van der Waals surface area (Å²) in [6.07, 6.45) is 1.96. The molecule has 2 heteroatoms. The molecule has 0 radical (unpaired) electrons. The fourth-order valence-electron chi connectivity index (χ4n) is 1.49. The van der Waals surface area contributed by atoms with Gasteiger partial charge in [-0.25, -0.2) is 4.57 Å². The van der Waals surface area contributed by atoms with Crippen LogP contribution < -0.4 is 4.57 Å². The van der Waals surface area contributed by atoms with E-state index in [9.17, 15) is 5.11 Å². The maximum atomic E-state index is 9.68. The van der Waals surface area contributed by atoms with Crippen molar-refractivity contribution >= 4 is 0 Å². The van der Waals surface area contributed by atoms with E-state index in [-0.39, 0.29) is 0 Å². The van der Waals surface area contributed by atoms with Gasteiger partial charge in [0.2, 0.25) is 5.69 Å². The average Bonchev–Trinajstić information content (AvgIpc) is 2.20. The standard InChI is InChI=1S/C12H11NO/c1-13-9-5-4-7-11(13)10-6-2-3-8-12(10)14/h2-9H,1H3/p+1. The van der Waals surface area contributed by atoms with Crippen molar-refractivity contribution in [1.29, 1.82) is 0 Å². The number of pyridine rings is 1. The van der Waals surface area contributed by atoms with E-state index in [1.807, 2.05) is 54.2 Å². The monoisotopic (exact) mass is 186 g/mol. The van der Waals surface area contributed by atoms with Gasteiger partial charge < -0.3 is 5.11 Å². The van der Waals surface area contributed by atoms with E-state index < -0.39 is 0 Å². The van der Waals surface area contributed by atoms with E-state index in [2.05, 4.69) is 0 Å². The first-order valence-corrected chi connectivity index (χ1v) is 4.52. The smallest absolute Gasteiger partial charge is 0.216 e. The van der Waals surface area contributed by atoms with Crippen molar-refractivity contribution in [2.24, 2.45) is 7.05 Å². The largest absolute Gasteiger partial charge is 0.507 e. The van der Waals surface area contributed by atoms with Gasteiger partial charge in [0, 0.05) is 12.1 Å². The molecule has 0 unspecified atom stereocenters. The van der Waals surface area contributed by atoms with E-state index in [0.717, 1.165) is 11.3 Å². The highest BCUT2D eigenvalue weighted by Gasteiger charge is 2.11. The highest BCUT2D eigenvalue weighted by atomic mass is 16.3. The highest BCUT2D eigenvalue weighted by molar-refractivity contribution is 5.63. The molecular weight excluding hydrogens is 174 g/mol. The summed E-state index contributed by atoms with van der Waals surface area (Å²) >= 11 is 0. The second-order valence-electron chi connectivity index (χ2n) is 3.21. The maximum Gasteiger partial charge on any atom is 0.216 e. The van der Waals surface area contributed by atoms with Gasteiger partial charge in [-0.2, -0.15) is 0 Å². The van der Waals surface area contributed by atoms with Gasteiger partial charge in [-0.15, -0.1) is 0 Å². The number of phenols is 1. The third kappa shape index (κ3) is 1.46. The molecule has 2 rings (SSSR count). The summed E-state index contributed by atoms with van der Waals surface area (Å²) < 4.78 is 1.98. The molecule has 0 amide bonds. The molecule has 70 valence electrons. The lowest BCUT2D eigenvalue weighted by molar-refractivity contribution is -0.660.